The summed E-state index contributed by atoms with van der Waals surface area (Å²) in [6, 6.07) is 17.7. The van der Waals surface area contributed by atoms with E-state index in [4.69, 9.17) is 11.6 Å². The fourth-order valence-electron chi connectivity index (χ4n) is 3.00. The van der Waals surface area contributed by atoms with Crippen LogP contribution < -0.4 is 10.9 Å². The van der Waals surface area contributed by atoms with Gasteiger partial charge in [-0.2, -0.15) is 0 Å². The fourth-order valence-corrected chi connectivity index (χ4v) is 3.13. The molecule has 0 aliphatic rings. The van der Waals surface area contributed by atoms with E-state index in [0.717, 1.165) is 5.56 Å². The molecular formula is C23H17ClN4O2. The minimum Gasteiger partial charge on any atom is -0.325 e. The van der Waals surface area contributed by atoms with Crippen molar-refractivity contribution in [2.75, 3.05) is 5.32 Å². The number of carbonyl (C=O) groups excluding carboxylic acids is 1. The van der Waals surface area contributed by atoms with Gasteiger partial charge in [-0.05, 0) is 60.2 Å². The molecule has 0 fully saturated rings. The number of pyridine rings is 1. The maximum atomic E-state index is 13.1. The molecule has 7 heteroatoms. The van der Waals surface area contributed by atoms with E-state index in [2.05, 4.69) is 15.3 Å². The quantitative estimate of drug-likeness (QED) is 0.527. The predicted molar refractivity (Wildman–Crippen MR) is 119 cm³/mol. The maximum absolute atomic E-state index is 13.1. The van der Waals surface area contributed by atoms with Gasteiger partial charge in [-0.15, -0.1) is 0 Å². The Labute approximate surface area is 177 Å². The van der Waals surface area contributed by atoms with Gasteiger partial charge in [0, 0.05) is 23.1 Å². The van der Waals surface area contributed by atoms with Crippen molar-refractivity contribution in [1.29, 1.82) is 0 Å². The lowest BCUT2D eigenvalue weighted by Crippen LogP contribution is -2.30. The summed E-state index contributed by atoms with van der Waals surface area (Å²) in [5.74, 6) is -0.320. The van der Waals surface area contributed by atoms with E-state index >= 15 is 0 Å². The highest BCUT2D eigenvalue weighted by atomic mass is 35.5. The average Bonchev–Trinajstić information content (AvgIpc) is 2.77. The molecule has 2 aromatic carbocycles. The maximum Gasteiger partial charge on any atom is 0.277 e. The number of fused-ring (bicyclic) bond motifs is 1. The molecule has 0 atom stereocenters. The summed E-state index contributed by atoms with van der Waals surface area (Å²) in [6.07, 6.45) is 6.79. The lowest BCUT2D eigenvalue weighted by Gasteiger charge is -2.11. The van der Waals surface area contributed by atoms with Crippen LogP contribution in [0.1, 0.15) is 11.3 Å². The van der Waals surface area contributed by atoms with Crippen LogP contribution in [0.15, 0.2) is 77.9 Å². The summed E-state index contributed by atoms with van der Waals surface area (Å²) < 4.78 is 1.43. The van der Waals surface area contributed by atoms with E-state index in [1.807, 2.05) is 30.3 Å². The van der Waals surface area contributed by atoms with Gasteiger partial charge in [-0.3, -0.25) is 19.1 Å². The number of amides is 1. The number of hydrogen-bond acceptors (Lipinski definition) is 4. The molecule has 30 heavy (non-hydrogen) atoms. The normalized spacial score (nSPS) is 11.1. The number of nitrogens with zero attached hydrogens (tertiary/aromatic N) is 3. The van der Waals surface area contributed by atoms with Crippen LogP contribution in [0.2, 0.25) is 5.02 Å². The molecule has 6 nitrogen and oxygen atoms in total. The van der Waals surface area contributed by atoms with Crippen molar-refractivity contribution in [2.45, 2.75) is 6.54 Å². The highest BCUT2D eigenvalue weighted by Gasteiger charge is 2.12. The molecule has 0 aliphatic heterocycles. The van der Waals surface area contributed by atoms with Gasteiger partial charge in [0.25, 0.3) is 5.56 Å². The Hall–Kier alpha value is -3.77. The van der Waals surface area contributed by atoms with Crippen molar-refractivity contribution in [1.82, 2.24) is 14.5 Å². The second-order valence-electron chi connectivity index (χ2n) is 6.55. The van der Waals surface area contributed by atoms with E-state index in [9.17, 15) is 9.59 Å². The molecule has 4 rings (SSSR count). The molecule has 0 aliphatic carbocycles. The Balaban J connectivity index is 1.68. The van der Waals surface area contributed by atoms with Gasteiger partial charge in [-0.1, -0.05) is 29.8 Å². The molecule has 0 radical (unpaired) electrons. The van der Waals surface area contributed by atoms with Gasteiger partial charge in [-0.25, -0.2) is 4.98 Å². The van der Waals surface area contributed by atoms with Gasteiger partial charge in [0.1, 0.15) is 12.2 Å². The minimum atomic E-state index is -0.342. The van der Waals surface area contributed by atoms with E-state index in [1.54, 1.807) is 54.9 Å². The zero-order chi connectivity index (χ0) is 20.9. The average molecular weight is 417 g/mol. The second kappa shape index (κ2) is 8.71. The van der Waals surface area contributed by atoms with Crippen molar-refractivity contribution < 1.29 is 4.79 Å². The molecule has 148 valence electrons. The molecule has 1 N–H and O–H groups in total. The summed E-state index contributed by atoms with van der Waals surface area (Å²) in [5, 5.41) is 3.36. The fraction of sp³-hybridized carbons (Fsp3) is 0.0435. The van der Waals surface area contributed by atoms with E-state index < -0.39 is 0 Å². The van der Waals surface area contributed by atoms with Crippen molar-refractivity contribution in [3.8, 4) is 0 Å². The number of benzene rings is 2. The molecule has 0 saturated heterocycles. The van der Waals surface area contributed by atoms with E-state index in [0.29, 0.717) is 21.7 Å². The standard InChI is InChI=1S/C23H17ClN4O2/c24-17-6-8-18(9-7-17)26-22(29)15-28-21-4-2-1-3-19(21)27-20(23(28)30)10-5-16-11-13-25-14-12-16/h1-14H,15H2,(H,26,29)/b10-5-. The van der Waals surface area contributed by atoms with Gasteiger partial charge in [0.15, 0.2) is 0 Å². The first-order valence-electron chi connectivity index (χ1n) is 9.23. The molecule has 0 bridgehead atoms. The molecule has 4 aromatic rings. The molecule has 0 spiro atoms. The van der Waals surface area contributed by atoms with Crippen LogP contribution in [0.3, 0.4) is 0 Å². The van der Waals surface area contributed by atoms with Crippen molar-refractivity contribution >= 4 is 46.4 Å². The minimum absolute atomic E-state index is 0.138. The monoisotopic (exact) mass is 416 g/mol. The number of carbonyl (C=O) groups is 1. The number of para-hydroxylation sites is 2. The van der Waals surface area contributed by atoms with Gasteiger partial charge in [0.05, 0.1) is 11.0 Å². The van der Waals surface area contributed by atoms with Crippen LogP contribution in [0.5, 0.6) is 0 Å². The Bertz CT molecular complexity index is 1280. The van der Waals surface area contributed by atoms with E-state index in [-0.39, 0.29) is 23.7 Å². The SMILES string of the molecule is O=C(Cn1c(=O)c(/C=C\c2ccncc2)nc2ccccc21)Nc1ccc(Cl)cc1. The number of hydrogen-bond donors (Lipinski definition) is 1. The first-order valence-corrected chi connectivity index (χ1v) is 9.61. The topological polar surface area (TPSA) is 76.9 Å². The number of aromatic nitrogens is 3. The smallest absolute Gasteiger partial charge is 0.277 e. The lowest BCUT2D eigenvalue weighted by atomic mass is 10.2. The van der Waals surface area contributed by atoms with Gasteiger partial charge in [0.2, 0.25) is 5.91 Å². The zero-order valence-electron chi connectivity index (χ0n) is 15.8. The Morgan fingerprint density at radius 3 is 2.50 bits per heavy atom. The summed E-state index contributed by atoms with van der Waals surface area (Å²) in [4.78, 5) is 34.1. The van der Waals surface area contributed by atoms with Crippen LogP contribution in [-0.4, -0.2) is 20.4 Å². The van der Waals surface area contributed by atoms with Crippen LogP contribution in [-0.2, 0) is 11.3 Å². The number of rotatable bonds is 5. The summed E-state index contributed by atoms with van der Waals surface area (Å²) in [6.45, 7) is -0.138. The molecule has 0 saturated carbocycles. The van der Waals surface area contributed by atoms with E-state index in [1.165, 1.54) is 4.57 Å². The van der Waals surface area contributed by atoms with Crippen LogP contribution in [0.25, 0.3) is 23.2 Å². The van der Waals surface area contributed by atoms with Crippen molar-refractivity contribution in [3.05, 3.63) is 99.7 Å². The highest BCUT2D eigenvalue weighted by molar-refractivity contribution is 6.30. The highest BCUT2D eigenvalue weighted by Crippen LogP contribution is 2.15. The third-order valence-electron chi connectivity index (χ3n) is 4.45. The Kier molecular flexibility index (Phi) is 5.68. The molecule has 1 amide bonds. The third kappa shape index (κ3) is 4.45. The third-order valence-corrected chi connectivity index (χ3v) is 4.70. The molecule has 0 unspecified atom stereocenters. The van der Waals surface area contributed by atoms with Crippen LogP contribution in [0.4, 0.5) is 5.69 Å². The van der Waals surface area contributed by atoms with Crippen LogP contribution >= 0.6 is 11.6 Å². The summed E-state index contributed by atoms with van der Waals surface area (Å²) >= 11 is 5.88. The first-order chi connectivity index (χ1) is 14.6. The van der Waals surface area contributed by atoms with Gasteiger partial charge >= 0.3 is 0 Å². The summed E-state index contributed by atoms with van der Waals surface area (Å²) in [5.41, 5.74) is 2.63. The molecule has 2 aromatic heterocycles. The van der Waals surface area contributed by atoms with Gasteiger partial charge < -0.3 is 5.32 Å². The largest absolute Gasteiger partial charge is 0.325 e. The molecular weight excluding hydrogens is 400 g/mol. The zero-order valence-corrected chi connectivity index (χ0v) is 16.6. The number of anilines is 1. The lowest BCUT2D eigenvalue weighted by molar-refractivity contribution is -0.116. The number of halogens is 1. The predicted octanol–water partition coefficient (Wildman–Crippen LogP) is 4.25. The van der Waals surface area contributed by atoms with Crippen molar-refractivity contribution in [3.63, 3.8) is 0 Å². The summed E-state index contributed by atoms with van der Waals surface area (Å²) in [7, 11) is 0. The Morgan fingerprint density at radius 2 is 1.73 bits per heavy atom. The second-order valence-corrected chi connectivity index (χ2v) is 6.98. The first kappa shape index (κ1) is 19.5. The Morgan fingerprint density at radius 1 is 1.00 bits per heavy atom. The van der Waals surface area contributed by atoms with Crippen molar-refractivity contribution in [2.24, 2.45) is 0 Å². The number of nitrogens with one attached hydrogen (secondary N) is 1. The van der Waals surface area contributed by atoms with Crippen LogP contribution in [0, 0.1) is 0 Å². The molecule has 2 heterocycles.